The van der Waals surface area contributed by atoms with E-state index >= 15 is 4.39 Å². The van der Waals surface area contributed by atoms with Gasteiger partial charge in [-0.2, -0.15) is 0 Å². The first-order valence-corrected chi connectivity index (χ1v) is 37.8. The zero-order chi connectivity index (χ0) is 71.0. The fourth-order valence-electron chi connectivity index (χ4n) is 12.5. The Morgan fingerprint density at radius 3 is 2.21 bits per heavy atom. The normalized spacial score (nSPS) is 24.3. The van der Waals surface area contributed by atoms with Gasteiger partial charge in [-0.05, 0) is 90.6 Å². The Balaban J connectivity index is 0.570. The molecule has 0 spiro atoms. The summed E-state index contributed by atoms with van der Waals surface area (Å²) >= 11 is 10.8. The molecule has 0 radical (unpaired) electrons. The van der Waals surface area contributed by atoms with E-state index in [1.165, 1.54) is 32.7 Å². The lowest BCUT2D eigenvalue weighted by Gasteiger charge is -2.27. The second-order valence-electron chi connectivity index (χ2n) is 24.5. The zero-order valence-electron chi connectivity index (χ0n) is 54.1. The van der Waals surface area contributed by atoms with Crippen molar-refractivity contribution in [2.24, 2.45) is 0 Å². The molecule has 0 saturated carbocycles. The SMILES string of the molecule is O=C(CCC(=O)N[C@@H](Cc1ccccc1)C(=O)CCC(=O)NCOCC(=O)NCCn1cnc2c(ncn2[C@@H]2O[C@@H]3COP(O)(=S)O[C@H]4[C@@H](F)[C@H](n5cc6c7c(ncnc75)CCCC6)O[C@@H]4COP(O)(=S)O[C@@H]2[C@@H]3O)c1=O)CNC(=O)CCC(=O)N1Cc2ccccc2C#Cc2ccccc21. The fourth-order valence-corrected chi connectivity index (χ4v) is 15.3. The van der Waals surface area contributed by atoms with Crippen LogP contribution in [0, 0.1) is 11.8 Å². The minimum absolute atomic E-state index is 0.0579. The van der Waals surface area contributed by atoms with Crippen LogP contribution in [0.15, 0.2) is 109 Å². The summed E-state index contributed by atoms with van der Waals surface area (Å²) in [6.07, 6.45) is -4.88. The van der Waals surface area contributed by atoms with Gasteiger partial charge in [0.25, 0.3) is 5.56 Å². The number of aromatic nitrogens is 7. The van der Waals surface area contributed by atoms with E-state index in [4.69, 9.17) is 55.9 Å². The van der Waals surface area contributed by atoms with Crippen LogP contribution in [0.3, 0.4) is 0 Å². The highest BCUT2D eigenvalue weighted by Crippen LogP contribution is 2.55. The number of carbonyl (C=O) groups excluding carboxylic acids is 7. The number of fused-ring (bicyclic) bond motifs is 6. The van der Waals surface area contributed by atoms with Crippen LogP contribution in [0.5, 0.6) is 0 Å². The second-order valence-corrected chi connectivity index (χ2v) is 30.1. The van der Waals surface area contributed by atoms with E-state index in [0.29, 0.717) is 29.7 Å². The summed E-state index contributed by atoms with van der Waals surface area (Å²) in [6, 6.07) is 22.6. The van der Waals surface area contributed by atoms with E-state index < -0.39 is 136 Å². The van der Waals surface area contributed by atoms with Crippen LogP contribution in [-0.2, 0) is 122 Å². The van der Waals surface area contributed by atoms with Crippen LogP contribution in [0.1, 0.15) is 97.3 Å². The van der Waals surface area contributed by atoms with Gasteiger partial charge in [0.15, 0.2) is 41.4 Å². The number of Topliss-reactive ketones (excluding diaryl/α,β-unsaturated/α-hetero) is 2. The molecular weight excluding hydrogens is 1390 g/mol. The van der Waals surface area contributed by atoms with Crippen LogP contribution in [0.4, 0.5) is 10.1 Å². The third kappa shape index (κ3) is 17.6. The molecule has 4 aromatic heterocycles. The highest BCUT2D eigenvalue weighted by atomic mass is 32.5. The molecule has 532 valence electrons. The third-order valence-electron chi connectivity index (χ3n) is 17.6. The van der Waals surface area contributed by atoms with Gasteiger partial charge in [-0.15, -0.1) is 0 Å². The Morgan fingerprint density at radius 1 is 0.703 bits per heavy atom. The monoisotopic (exact) mass is 1460 g/mol. The van der Waals surface area contributed by atoms with Crippen molar-refractivity contribution in [3.05, 3.63) is 148 Å². The number of ketones is 2. The molecule has 11 atom stereocenters. The van der Waals surface area contributed by atoms with E-state index in [0.717, 1.165) is 46.2 Å². The maximum absolute atomic E-state index is 16.7. The lowest BCUT2D eigenvalue weighted by Crippen LogP contribution is -2.43. The Hall–Kier alpha value is -8.29. The predicted molar refractivity (Wildman–Crippen MR) is 364 cm³/mol. The van der Waals surface area contributed by atoms with Crippen molar-refractivity contribution in [2.45, 2.75) is 139 Å². The number of aliphatic hydroxyl groups excluding tert-OH is 1. The van der Waals surface area contributed by atoms with Gasteiger partial charge >= 0.3 is 13.4 Å². The number of carbonyl (C=O) groups is 7. The predicted octanol–water partition coefficient (Wildman–Crippen LogP) is 3.14. The molecule has 3 aromatic carbocycles. The van der Waals surface area contributed by atoms with E-state index in [-0.39, 0.29) is 88.2 Å². The topological polar surface area (TPSA) is 380 Å². The minimum Gasteiger partial charge on any atom is -0.387 e. The highest BCUT2D eigenvalue weighted by Gasteiger charge is 2.53. The Kier molecular flexibility index (Phi) is 23.2. The van der Waals surface area contributed by atoms with Crippen LogP contribution in [0.25, 0.3) is 22.2 Å². The highest BCUT2D eigenvalue weighted by molar-refractivity contribution is 8.07. The van der Waals surface area contributed by atoms with Crippen LogP contribution < -0.4 is 31.7 Å². The number of rotatable bonds is 24. The average molecular weight is 1470 g/mol. The number of nitrogens with one attached hydrogen (secondary N) is 4. The fraction of sp³-hybridized carbons (Fsp3) is 0.424. The molecule has 7 N–H and O–H groups in total. The summed E-state index contributed by atoms with van der Waals surface area (Å²) < 4.78 is 61.5. The smallest absolute Gasteiger partial charge is 0.325 e. The molecule has 4 aliphatic heterocycles. The van der Waals surface area contributed by atoms with Gasteiger partial charge in [0.2, 0.25) is 29.5 Å². The summed E-state index contributed by atoms with van der Waals surface area (Å²) in [5, 5.41) is 22.7. The molecule has 35 heteroatoms. The van der Waals surface area contributed by atoms with E-state index in [1.807, 2.05) is 42.5 Å². The molecule has 8 heterocycles. The van der Waals surface area contributed by atoms with Gasteiger partial charge in [0, 0.05) is 74.3 Å². The molecule has 30 nitrogen and oxygen atoms in total. The number of alkyl halides is 1. The Bertz CT molecular complexity index is 4540. The van der Waals surface area contributed by atoms with Gasteiger partial charge in [0.1, 0.15) is 62.2 Å². The molecule has 3 saturated heterocycles. The van der Waals surface area contributed by atoms with E-state index in [9.17, 15) is 53.2 Å². The van der Waals surface area contributed by atoms with Gasteiger partial charge < -0.3 is 68.9 Å². The van der Waals surface area contributed by atoms with Crippen molar-refractivity contribution >= 4 is 106 Å². The summed E-state index contributed by atoms with van der Waals surface area (Å²) in [5.74, 6) is 2.76. The van der Waals surface area contributed by atoms with Crippen molar-refractivity contribution in [1.82, 2.24) is 54.9 Å². The minimum atomic E-state index is -4.40. The number of nitrogens with zero attached hydrogens (tertiary/aromatic N) is 8. The van der Waals surface area contributed by atoms with Crippen molar-refractivity contribution in [2.75, 3.05) is 44.5 Å². The van der Waals surface area contributed by atoms with Crippen molar-refractivity contribution in [3.8, 4) is 11.8 Å². The Labute approximate surface area is 586 Å². The van der Waals surface area contributed by atoms with Crippen LogP contribution in [0.2, 0.25) is 0 Å². The number of amides is 5. The van der Waals surface area contributed by atoms with Gasteiger partial charge in [0.05, 0.1) is 50.1 Å². The van der Waals surface area contributed by atoms with E-state index in [1.54, 1.807) is 47.5 Å². The van der Waals surface area contributed by atoms with Gasteiger partial charge in [-0.3, -0.25) is 56.5 Å². The van der Waals surface area contributed by atoms with Crippen molar-refractivity contribution < 1.29 is 85.2 Å². The van der Waals surface area contributed by atoms with E-state index in [2.05, 4.69) is 53.0 Å². The number of aryl methyl sites for hydroxylation is 2. The maximum Gasteiger partial charge on any atom is 0.325 e. The molecule has 7 aromatic rings. The lowest BCUT2D eigenvalue weighted by atomic mass is 9.99. The maximum atomic E-state index is 16.7. The standard InChI is InChI=1S/C66H71FN12O18P2S2/c67-57-60-50(95-65(57)78-31-43-15-6-8-16-45-56(43)62(78)71-35-70-45)33-93-99(90,101)97-61-59(87)49(32-92-98(89,100)96-60)94-66(61)79-37-72-58-63(79)73-36-76(64(58)88)27-26-68-54(85)34-91-38-74-52(83)23-21-48(81)46(28-39-10-2-1-3-11-39)75-53(84)22-20-44(80)29-69-51(82)24-25-55(86)77-30-42-14-5-4-12-40(42)18-19-41-13-7-9-17-47(41)77/h1-5,7,9-14,17,31,35-37,46,49-50,57,59-61,65-66,87H,6,8,15-16,20-30,32-34,38H2,(H,68,85)(H,69,82)(H,74,83)(H,75,84)(H,89,100)(H,90,101)/t46-,49+,50+,57+,59+,60+,61+,65+,66+,98?,99?/m0/s1. The molecule has 2 bridgehead atoms. The first kappa shape index (κ1) is 72.5. The molecular formula is C66H71FN12O18P2S2. The number of anilines is 1. The van der Waals surface area contributed by atoms with Crippen LogP contribution >= 0.6 is 13.4 Å². The Morgan fingerprint density at radius 2 is 1.40 bits per heavy atom. The molecule has 3 fully saturated rings. The summed E-state index contributed by atoms with van der Waals surface area (Å²) in [6.45, 7) is -11.3. The molecule has 5 aliphatic rings. The van der Waals surface area contributed by atoms with Crippen molar-refractivity contribution in [1.29, 1.82) is 0 Å². The lowest BCUT2D eigenvalue weighted by molar-refractivity contribution is -0.131. The molecule has 2 unspecified atom stereocenters. The summed E-state index contributed by atoms with van der Waals surface area (Å²) in [4.78, 5) is 147. The number of aliphatic hydroxyl groups is 1. The van der Waals surface area contributed by atoms with Gasteiger partial charge in [-0.1, -0.05) is 72.5 Å². The van der Waals surface area contributed by atoms with Crippen molar-refractivity contribution in [3.63, 3.8) is 0 Å². The number of para-hydroxylation sites is 1. The molecule has 1 aliphatic carbocycles. The average Bonchev–Trinajstić information content (AvgIpc) is 1.61. The number of benzene rings is 3. The number of imidazole rings is 1. The molecule has 5 amide bonds. The number of halogens is 1. The quantitative estimate of drug-likeness (QED) is 0.0198. The summed E-state index contributed by atoms with van der Waals surface area (Å²) in [5.41, 5.74) is 4.98. The second kappa shape index (κ2) is 32.4. The first-order chi connectivity index (χ1) is 48.7. The number of ether oxygens (including phenoxy) is 3. The van der Waals surface area contributed by atoms with Crippen LogP contribution in [-0.4, -0.2) is 172 Å². The largest absolute Gasteiger partial charge is 0.387 e. The first-order valence-electron chi connectivity index (χ1n) is 32.6. The number of hydrogen-bond donors (Lipinski definition) is 7. The number of hydrogen-bond acceptors (Lipinski definition) is 22. The van der Waals surface area contributed by atoms with Gasteiger partial charge in [-0.25, -0.2) is 24.3 Å². The zero-order valence-corrected chi connectivity index (χ0v) is 57.5. The molecule has 101 heavy (non-hydrogen) atoms. The third-order valence-corrected chi connectivity index (χ3v) is 20.7. The molecule has 12 rings (SSSR count). The summed E-state index contributed by atoms with van der Waals surface area (Å²) in [7, 11) is 0.